The highest BCUT2D eigenvalue weighted by atomic mass is 16.3. The van der Waals surface area contributed by atoms with Gasteiger partial charge in [0, 0.05) is 6.20 Å². The molecule has 1 rings (SSSR count). The fourth-order valence-electron chi connectivity index (χ4n) is 0.880. The van der Waals surface area contributed by atoms with Crippen molar-refractivity contribution in [2.45, 2.75) is 19.4 Å². The number of aliphatic hydroxyl groups excluding tert-OH is 1. The maximum absolute atomic E-state index is 9.43. The largest absolute Gasteiger partial charge is 0.387 e. The highest BCUT2D eigenvalue weighted by molar-refractivity contribution is 5.03. The van der Waals surface area contributed by atoms with Gasteiger partial charge in [0.05, 0.1) is 23.7 Å². The number of nitrogens with two attached hydrogens (primary N) is 1. The fraction of sp³-hybridized carbons (Fsp3) is 0.500. The summed E-state index contributed by atoms with van der Waals surface area (Å²) in [6, 6.07) is 0. The minimum atomic E-state index is -0.580. The zero-order valence-corrected chi connectivity index (χ0v) is 7.07. The Morgan fingerprint density at radius 2 is 2.25 bits per heavy atom. The van der Waals surface area contributed by atoms with Gasteiger partial charge in [-0.2, -0.15) is 0 Å². The minimum absolute atomic E-state index is 0.455. The first-order valence-corrected chi connectivity index (χ1v) is 3.90. The molecule has 0 radical (unpaired) electrons. The van der Waals surface area contributed by atoms with Crippen LogP contribution in [-0.2, 0) is 0 Å². The monoisotopic (exact) mass is 167 g/mol. The van der Waals surface area contributed by atoms with E-state index in [4.69, 9.17) is 5.73 Å². The van der Waals surface area contributed by atoms with Crippen LogP contribution in [-0.4, -0.2) is 21.6 Å². The van der Waals surface area contributed by atoms with Crippen molar-refractivity contribution < 1.29 is 5.11 Å². The SMILES string of the molecule is Cc1cnc(C(O)CCN)cn1. The van der Waals surface area contributed by atoms with Gasteiger partial charge in [-0.05, 0) is 19.9 Å². The first kappa shape index (κ1) is 9.09. The van der Waals surface area contributed by atoms with Gasteiger partial charge < -0.3 is 10.8 Å². The van der Waals surface area contributed by atoms with Crippen LogP contribution in [0, 0.1) is 6.92 Å². The number of nitrogens with zero attached hydrogens (tertiary/aromatic N) is 2. The average molecular weight is 167 g/mol. The molecule has 1 heterocycles. The van der Waals surface area contributed by atoms with Crippen molar-refractivity contribution in [1.82, 2.24) is 9.97 Å². The third-order valence-corrected chi connectivity index (χ3v) is 1.58. The van der Waals surface area contributed by atoms with E-state index in [1.165, 1.54) is 0 Å². The lowest BCUT2D eigenvalue weighted by molar-refractivity contribution is 0.165. The van der Waals surface area contributed by atoms with Crippen LogP contribution >= 0.6 is 0 Å². The van der Waals surface area contributed by atoms with Gasteiger partial charge in [0.15, 0.2) is 0 Å². The Morgan fingerprint density at radius 1 is 1.50 bits per heavy atom. The average Bonchev–Trinajstić information content (AvgIpc) is 2.06. The first-order valence-electron chi connectivity index (χ1n) is 3.90. The molecule has 0 saturated heterocycles. The van der Waals surface area contributed by atoms with Gasteiger partial charge in [0.1, 0.15) is 0 Å². The van der Waals surface area contributed by atoms with Crippen LogP contribution in [0.15, 0.2) is 12.4 Å². The second kappa shape index (κ2) is 4.13. The van der Waals surface area contributed by atoms with E-state index >= 15 is 0 Å². The Hall–Kier alpha value is -1.00. The highest BCUT2D eigenvalue weighted by Crippen LogP contribution is 2.11. The van der Waals surface area contributed by atoms with E-state index in [-0.39, 0.29) is 0 Å². The van der Waals surface area contributed by atoms with Crippen LogP contribution < -0.4 is 5.73 Å². The number of aryl methyl sites for hydroxylation is 1. The topological polar surface area (TPSA) is 72.0 Å². The molecule has 0 bridgehead atoms. The Morgan fingerprint density at radius 3 is 2.75 bits per heavy atom. The molecule has 4 heteroatoms. The second-order valence-corrected chi connectivity index (χ2v) is 2.68. The molecule has 0 spiro atoms. The third kappa shape index (κ3) is 2.25. The van der Waals surface area contributed by atoms with Gasteiger partial charge >= 0.3 is 0 Å². The smallest absolute Gasteiger partial charge is 0.0987 e. The molecule has 1 aromatic rings. The Bertz CT molecular complexity index is 235. The molecule has 4 nitrogen and oxygen atoms in total. The minimum Gasteiger partial charge on any atom is -0.387 e. The molecule has 0 aliphatic carbocycles. The van der Waals surface area contributed by atoms with Crippen molar-refractivity contribution in [3.63, 3.8) is 0 Å². The summed E-state index contributed by atoms with van der Waals surface area (Å²) in [5.74, 6) is 0. The molecule has 1 unspecified atom stereocenters. The van der Waals surface area contributed by atoms with Crippen molar-refractivity contribution in [3.05, 3.63) is 23.8 Å². The van der Waals surface area contributed by atoms with E-state index in [1.54, 1.807) is 12.4 Å². The van der Waals surface area contributed by atoms with Crippen molar-refractivity contribution in [2.75, 3.05) is 6.54 Å². The maximum Gasteiger partial charge on any atom is 0.0987 e. The summed E-state index contributed by atoms with van der Waals surface area (Å²) in [6.07, 6.45) is 3.16. The Balaban J connectivity index is 2.68. The van der Waals surface area contributed by atoms with Gasteiger partial charge in [0.25, 0.3) is 0 Å². The summed E-state index contributed by atoms with van der Waals surface area (Å²) in [4.78, 5) is 8.05. The number of rotatable bonds is 3. The van der Waals surface area contributed by atoms with Gasteiger partial charge in [-0.15, -0.1) is 0 Å². The molecule has 0 fully saturated rings. The van der Waals surface area contributed by atoms with E-state index in [1.807, 2.05) is 6.92 Å². The normalized spacial score (nSPS) is 12.9. The Kier molecular flexibility index (Phi) is 3.13. The van der Waals surface area contributed by atoms with Gasteiger partial charge in [-0.3, -0.25) is 9.97 Å². The van der Waals surface area contributed by atoms with Crippen LogP contribution in [0.5, 0.6) is 0 Å². The second-order valence-electron chi connectivity index (χ2n) is 2.68. The molecule has 0 saturated carbocycles. The lowest BCUT2D eigenvalue weighted by atomic mass is 10.2. The summed E-state index contributed by atoms with van der Waals surface area (Å²) >= 11 is 0. The molecule has 0 aromatic carbocycles. The first-order chi connectivity index (χ1) is 5.74. The fourth-order valence-corrected chi connectivity index (χ4v) is 0.880. The summed E-state index contributed by atoms with van der Waals surface area (Å²) in [5.41, 5.74) is 6.72. The number of hydrogen-bond donors (Lipinski definition) is 2. The molecule has 0 amide bonds. The molecule has 12 heavy (non-hydrogen) atoms. The van der Waals surface area contributed by atoms with Crippen LogP contribution in [0.2, 0.25) is 0 Å². The predicted molar refractivity (Wildman–Crippen MR) is 45.4 cm³/mol. The lowest BCUT2D eigenvalue weighted by Crippen LogP contribution is -2.08. The van der Waals surface area contributed by atoms with Crippen molar-refractivity contribution in [1.29, 1.82) is 0 Å². The molecule has 66 valence electrons. The van der Waals surface area contributed by atoms with Crippen LogP contribution in [0.1, 0.15) is 23.9 Å². The van der Waals surface area contributed by atoms with Crippen LogP contribution in [0.4, 0.5) is 0 Å². The highest BCUT2D eigenvalue weighted by Gasteiger charge is 2.06. The van der Waals surface area contributed by atoms with E-state index < -0.39 is 6.10 Å². The number of aliphatic hydroxyl groups is 1. The van der Waals surface area contributed by atoms with Crippen LogP contribution in [0.25, 0.3) is 0 Å². The molecular weight excluding hydrogens is 154 g/mol. The van der Waals surface area contributed by atoms with E-state index in [0.29, 0.717) is 18.7 Å². The molecule has 3 N–H and O–H groups in total. The predicted octanol–water partition coefficient (Wildman–Crippen LogP) is 0.167. The maximum atomic E-state index is 9.43. The molecule has 0 aliphatic rings. The molecule has 1 aromatic heterocycles. The number of hydrogen-bond acceptors (Lipinski definition) is 4. The Labute approximate surface area is 71.5 Å². The van der Waals surface area contributed by atoms with Gasteiger partial charge in [-0.25, -0.2) is 0 Å². The summed E-state index contributed by atoms with van der Waals surface area (Å²) in [7, 11) is 0. The van der Waals surface area contributed by atoms with Crippen LogP contribution in [0.3, 0.4) is 0 Å². The van der Waals surface area contributed by atoms with E-state index in [9.17, 15) is 5.11 Å². The van der Waals surface area contributed by atoms with E-state index in [2.05, 4.69) is 9.97 Å². The lowest BCUT2D eigenvalue weighted by Gasteiger charge is -2.07. The zero-order valence-electron chi connectivity index (χ0n) is 7.07. The van der Waals surface area contributed by atoms with Crippen molar-refractivity contribution >= 4 is 0 Å². The van der Waals surface area contributed by atoms with Gasteiger partial charge in [-0.1, -0.05) is 0 Å². The quantitative estimate of drug-likeness (QED) is 0.673. The zero-order chi connectivity index (χ0) is 8.97. The molecule has 0 aliphatic heterocycles. The third-order valence-electron chi connectivity index (χ3n) is 1.58. The standard InChI is InChI=1S/C8H13N3O/c1-6-4-11-7(5-10-6)8(12)2-3-9/h4-5,8,12H,2-3,9H2,1H3. The van der Waals surface area contributed by atoms with Crippen molar-refractivity contribution in [2.24, 2.45) is 5.73 Å². The summed E-state index contributed by atoms with van der Waals surface area (Å²) < 4.78 is 0. The summed E-state index contributed by atoms with van der Waals surface area (Å²) in [5, 5.41) is 9.43. The summed E-state index contributed by atoms with van der Waals surface area (Å²) in [6.45, 7) is 2.31. The van der Waals surface area contributed by atoms with Gasteiger partial charge in [0.2, 0.25) is 0 Å². The molecule has 1 atom stereocenters. The van der Waals surface area contributed by atoms with Crippen molar-refractivity contribution in [3.8, 4) is 0 Å². The molecular formula is C8H13N3O. The number of aromatic nitrogens is 2. The van der Waals surface area contributed by atoms with E-state index in [0.717, 1.165) is 5.69 Å².